The van der Waals surface area contributed by atoms with Crippen LogP contribution in [0, 0.1) is 6.92 Å². The van der Waals surface area contributed by atoms with E-state index in [1.54, 1.807) is 0 Å². The molecule has 118 valence electrons. The molecule has 0 N–H and O–H groups in total. The van der Waals surface area contributed by atoms with Crippen LogP contribution in [0.25, 0.3) is 26.8 Å². The Morgan fingerprint density at radius 3 is 2.54 bits per heavy atom. The monoisotopic (exact) mass is 398 g/mol. The van der Waals surface area contributed by atoms with E-state index in [2.05, 4.69) is 31.2 Å². The van der Waals surface area contributed by atoms with Gasteiger partial charge >= 0.3 is 5.56 Å². The Labute approximate surface area is 149 Å². The van der Waals surface area contributed by atoms with E-state index in [1.165, 1.54) is 15.9 Å². The van der Waals surface area contributed by atoms with Gasteiger partial charge in [0.15, 0.2) is 5.69 Å². The van der Waals surface area contributed by atoms with E-state index in [4.69, 9.17) is 0 Å². The van der Waals surface area contributed by atoms with Gasteiger partial charge in [0.1, 0.15) is 5.01 Å². The summed E-state index contributed by atoms with van der Waals surface area (Å²) >= 11 is 4.84. The smallest absolute Gasteiger partial charge is 0.265 e. The molecule has 0 unspecified atom stereocenters. The van der Waals surface area contributed by atoms with Crippen molar-refractivity contribution in [3.05, 3.63) is 68.9 Å². The topological polar surface area (TPSA) is 60.1 Å². The molecule has 0 spiro atoms. The van der Waals surface area contributed by atoms with Gasteiger partial charge in [0.05, 0.1) is 0 Å². The predicted octanol–water partition coefficient (Wildman–Crippen LogP) is 3.95. The Bertz CT molecular complexity index is 1100. The lowest BCUT2D eigenvalue weighted by atomic mass is 10.1. The van der Waals surface area contributed by atoms with Gasteiger partial charge in [0.25, 0.3) is 0 Å². The molecular weight excluding hydrogens is 388 g/mol. The summed E-state index contributed by atoms with van der Waals surface area (Å²) in [5, 5.41) is 13.4. The molecule has 0 radical (unpaired) electrons. The van der Waals surface area contributed by atoms with Crippen LogP contribution in [0.3, 0.4) is 0 Å². The molecule has 0 fully saturated rings. The lowest BCUT2D eigenvalue weighted by Crippen LogP contribution is -2.19. The summed E-state index contributed by atoms with van der Waals surface area (Å²) in [6.07, 6.45) is 0. The van der Waals surface area contributed by atoms with E-state index in [1.807, 2.05) is 55.5 Å². The first-order valence-electron chi connectivity index (χ1n) is 7.22. The molecule has 5 nitrogen and oxygen atoms in total. The van der Waals surface area contributed by atoms with Crippen molar-refractivity contribution in [2.45, 2.75) is 6.92 Å². The molecule has 2 aromatic carbocycles. The quantitative estimate of drug-likeness (QED) is 0.512. The number of nitrogens with zero attached hydrogens (tertiary/aromatic N) is 4. The summed E-state index contributed by atoms with van der Waals surface area (Å²) in [6, 6.07) is 15.4. The summed E-state index contributed by atoms with van der Waals surface area (Å²) in [5.74, 6) is 0. The van der Waals surface area contributed by atoms with E-state index in [-0.39, 0.29) is 5.56 Å². The highest BCUT2D eigenvalue weighted by Gasteiger charge is 2.15. The summed E-state index contributed by atoms with van der Waals surface area (Å²) in [4.78, 5) is 13.2. The van der Waals surface area contributed by atoms with Crippen molar-refractivity contribution in [1.82, 2.24) is 19.8 Å². The maximum atomic E-state index is 12.7. The Kier molecular flexibility index (Phi) is 3.74. The van der Waals surface area contributed by atoms with Crippen LogP contribution < -0.4 is 5.56 Å². The van der Waals surface area contributed by atoms with Crippen molar-refractivity contribution in [3.8, 4) is 21.8 Å². The van der Waals surface area contributed by atoms with Crippen LogP contribution in [0.4, 0.5) is 0 Å². The Balaban J connectivity index is 1.90. The highest BCUT2D eigenvalue weighted by atomic mass is 79.9. The maximum absolute atomic E-state index is 12.7. The second kappa shape index (κ2) is 5.92. The fourth-order valence-corrected chi connectivity index (χ4v) is 3.83. The predicted molar refractivity (Wildman–Crippen MR) is 98.2 cm³/mol. The van der Waals surface area contributed by atoms with Crippen molar-refractivity contribution in [2.24, 2.45) is 0 Å². The van der Waals surface area contributed by atoms with Crippen molar-refractivity contribution in [3.63, 3.8) is 0 Å². The van der Waals surface area contributed by atoms with Crippen LogP contribution >= 0.6 is 27.3 Å². The van der Waals surface area contributed by atoms with E-state index >= 15 is 0 Å². The molecule has 0 bridgehead atoms. The van der Waals surface area contributed by atoms with Crippen molar-refractivity contribution in [2.75, 3.05) is 0 Å². The zero-order chi connectivity index (χ0) is 16.7. The number of rotatable bonds is 2. The molecule has 0 atom stereocenters. The third kappa shape index (κ3) is 2.55. The largest absolute Gasteiger partial charge is 0.302 e. The number of fused-ring (bicyclic) bond motifs is 1. The lowest BCUT2D eigenvalue weighted by molar-refractivity contribution is 0.862. The zero-order valence-corrected chi connectivity index (χ0v) is 15.0. The first-order chi connectivity index (χ1) is 11.6. The van der Waals surface area contributed by atoms with Crippen LogP contribution in [0.1, 0.15) is 5.56 Å². The van der Waals surface area contributed by atoms with E-state index in [9.17, 15) is 4.79 Å². The number of aromatic nitrogens is 4. The minimum Gasteiger partial charge on any atom is -0.265 e. The fraction of sp³-hybridized carbons (Fsp3) is 0.0588. The Hall–Kier alpha value is -2.38. The van der Waals surface area contributed by atoms with E-state index < -0.39 is 0 Å². The van der Waals surface area contributed by atoms with E-state index in [0.717, 1.165) is 26.2 Å². The van der Waals surface area contributed by atoms with Gasteiger partial charge in [-0.2, -0.15) is 9.61 Å². The molecule has 24 heavy (non-hydrogen) atoms. The number of aryl methyl sites for hydroxylation is 1. The van der Waals surface area contributed by atoms with Crippen LogP contribution in [-0.4, -0.2) is 19.8 Å². The van der Waals surface area contributed by atoms with Gasteiger partial charge in [0.2, 0.25) is 4.96 Å². The molecule has 2 aromatic heterocycles. The second-order valence-corrected chi connectivity index (χ2v) is 7.11. The molecule has 4 rings (SSSR count). The standard InChI is InChI=1S/C17H11BrN4OS/c1-10-6-8-11(9-7-10)14-16(23)22-17(20-19-14)24-15(21-22)12-4-2-3-5-13(12)18/h2-9H,1H3. The van der Waals surface area contributed by atoms with Crippen LogP contribution in [0.5, 0.6) is 0 Å². The van der Waals surface area contributed by atoms with Gasteiger partial charge in [-0.15, -0.1) is 10.2 Å². The van der Waals surface area contributed by atoms with E-state index in [0.29, 0.717) is 10.7 Å². The first kappa shape index (κ1) is 15.2. The first-order valence-corrected chi connectivity index (χ1v) is 8.83. The number of hydrogen-bond donors (Lipinski definition) is 0. The Morgan fingerprint density at radius 2 is 1.79 bits per heavy atom. The molecule has 4 aromatic rings. The van der Waals surface area contributed by atoms with Crippen molar-refractivity contribution < 1.29 is 0 Å². The number of halogens is 1. The van der Waals surface area contributed by atoms with Crippen molar-refractivity contribution >= 4 is 32.2 Å². The normalized spacial score (nSPS) is 11.1. The molecule has 0 aliphatic carbocycles. The molecule has 0 saturated carbocycles. The molecule has 0 saturated heterocycles. The third-order valence-corrected chi connectivity index (χ3v) is 5.24. The molecule has 2 heterocycles. The summed E-state index contributed by atoms with van der Waals surface area (Å²) in [7, 11) is 0. The fourth-order valence-electron chi connectivity index (χ4n) is 2.35. The maximum Gasteiger partial charge on any atom is 0.302 e. The molecular formula is C17H11BrN4OS. The average Bonchev–Trinajstić information content (AvgIpc) is 3.02. The molecule has 0 aliphatic heterocycles. The van der Waals surface area contributed by atoms with Gasteiger partial charge in [-0.3, -0.25) is 4.79 Å². The zero-order valence-electron chi connectivity index (χ0n) is 12.6. The van der Waals surface area contributed by atoms with Gasteiger partial charge in [-0.1, -0.05) is 75.3 Å². The third-order valence-electron chi connectivity index (χ3n) is 3.62. The average molecular weight is 399 g/mol. The summed E-state index contributed by atoms with van der Waals surface area (Å²) < 4.78 is 2.24. The van der Waals surface area contributed by atoms with Gasteiger partial charge in [-0.25, -0.2) is 0 Å². The highest BCUT2D eigenvalue weighted by Crippen LogP contribution is 2.30. The van der Waals surface area contributed by atoms with Crippen molar-refractivity contribution in [1.29, 1.82) is 0 Å². The minimum absolute atomic E-state index is 0.265. The second-order valence-electron chi connectivity index (χ2n) is 5.30. The van der Waals surface area contributed by atoms with Crippen LogP contribution in [0.2, 0.25) is 0 Å². The molecule has 0 amide bonds. The van der Waals surface area contributed by atoms with Gasteiger partial charge < -0.3 is 0 Å². The van der Waals surface area contributed by atoms with Crippen LogP contribution in [-0.2, 0) is 0 Å². The summed E-state index contributed by atoms with van der Waals surface area (Å²) in [5.41, 5.74) is 2.82. The molecule has 0 aliphatic rings. The lowest BCUT2D eigenvalue weighted by Gasteiger charge is -1.99. The van der Waals surface area contributed by atoms with Gasteiger partial charge in [0, 0.05) is 15.6 Å². The number of hydrogen-bond acceptors (Lipinski definition) is 5. The number of benzene rings is 2. The van der Waals surface area contributed by atoms with Gasteiger partial charge in [-0.05, 0) is 13.0 Å². The Morgan fingerprint density at radius 1 is 1.04 bits per heavy atom. The SMILES string of the molecule is Cc1ccc(-c2nnc3sc(-c4ccccc4Br)nn3c2=O)cc1. The minimum atomic E-state index is -0.265. The highest BCUT2D eigenvalue weighted by molar-refractivity contribution is 9.10. The molecule has 7 heteroatoms. The van der Waals surface area contributed by atoms with Crippen LogP contribution in [0.15, 0.2) is 57.8 Å². The summed E-state index contributed by atoms with van der Waals surface area (Å²) in [6.45, 7) is 2.00.